The summed E-state index contributed by atoms with van der Waals surface area (Å²) in [4.78, 5) is 18.9. The Morgan fingerprint density at radius 3 is 2.48 bits per heavy atom. The van der Waals surface area contributed by atoms with Crippen LogP contribution in [0.25, 0.3) is 0 Å². The largest absolute Gasteiger partial charge is 0.373 e. The zero-order valence-corrected chi connectivity index (χ0v) is 14.0. The lowest BCUT2D eigenvalue weighted by Gasteiger charge is -2.21. The van der Waals surface area contributed by atoms with E-state index in [1.807, 2.05) is 13.1 Å². The lowest BCUT2D eigenvalue weighted by Crippen LogP contribution is -2.36. The molecule has 5 nitrogen and oxygen atoms in total. The summed E-state index contributed by atoms with van der Waals surface area (Å²) in [5, 5.41) is 5.97. The first kappa shape index (κ1) is 17.4. The second-order valence-electron chi connectivity index (χ2n) is 5.90. The molecule has 0 saturated carbocycles. The number of likely N-dealkylation sites (N-methyl/N-ethyl adjacent to an activating group) is 1. The van der Waals surface area contributed by atoms with Gasteiger partial charge < -0.3 is 15.5 Å². The standard InChI is InChI=1S/C16H28N4O/c1-11(2)14-9-13(10-15(17-5)19-14)16(21)18-7-8-20(6)12(3)4/h9-12H,7-8H2,1-6H3,(H,17,19)(H,18,21). The van der Waals surface area contributed by atoms with E-state index in [1.165, 1.54) is 0 Å². The van der Waals surface area contributed by atoms with Crippen molar-refractivity contribution in [3.05, 3.63) is 23.4 Å². The molecule has 0 spiro atoms. The van der Waals surface area contributed by atoms with E-state index in [0.29, 0.717) is 18.2 Å². The van der Waals surface area contributed by atoms with Crippen molar-refractivity contribution in [2.24, 2.45) is 0 Å². The highest BCUT2D eigenvalue weighted by Crippen LogP contribution is 2.17. The molecular weight excluding hydrogens is 264 g/mol. The number of carbonyl (C=O) groups excluding carboxylic acids is 1. The minimum atomic E-state index is -0.0482. The molecule has 0 aliphatic heterocycles. The maximum atomic E-state index is 12.3. The molecule has 2 N–H and O–H groups in total. The number of hydrogen-bond acceptors (Lipinski definition) is 4. The summed E-state index contributed by atoms with van der Waals surface area (Å²) >= 11 is 0. The van der Waals surface area contributed by atoms with E-state index in [2.05, 4.69) is 55.3 Å². The fourth-order valence-corrected chi connectivity index (χ4v) is 1.81. The van der Waals surface area contributed by atoms with Gasteiger partial charge in [0.25, 0.3) is 5.91 Å². The van der Waals surface area contributed by atoms with Gasteiger partial charge in [0.1, 0.15) is 5.82 Å². The number of nitrogens with one attached hydrogen (secondary N) is 2. The first-order valence-electron chi connectivity index (χ1n) is 7.53. The Labute approximate surface area is 128 Å². The van der Waals surface area contributed by atoms with Gasteiger partial charge in [0.2, 0.25) is 0 Å². The molecule has 1 aromatic rings. The molecule has 0 aliphatic carbocycles. The van der Waals surface area contributed by atoms with Gasteiger partial charge in [0.15, 0.2) is 0 Å². The van der Waals surface area contributed by atoms with Crippen LogP contribution in [0.15, 0.2) is 12.1 Å². The first-order valence-corrected chi connectivity index (χ1v) is 7.53. The van der Waals surface area contributed by atoms with Crippen LogP contribution in [0.5, 0.6) is 0 Å². The number of nitrogens with zero attached hydrogens (tertiary/aromatic N) is 2. The molecule has 0 bridgehead atoms. The van der Waals surface area contributed by atoms with E-state index in [9.17, 15) is 4.79 Å². The van der Waals surface area contributed by atoms with Crippen molar-refractivity contribution in [1.29, 1.82) is 0 Å². The third kappa shape index (κ3) is 5.34. The summed E-state index contributed by atoms with van der Waals surface area (Å²) in [6.07, 6.45) is 0. The van der Waals surface area contributed by atoms with Crippen LogP contribution in [0.1, 0.15) is 49.7 Å². The highest BCUT2D eigenvalue weighted by molar-refractivity contribution is 5.95. The lowest BCUT2D eigenvalue weighted by molar-refractivity contribution is 0.0948. The third-order valence-electron chi connectivity index (χ3n) is 3.59. The lowest BCUT2D eigenvalue weighted by atomic mass is 10.1. The minimum Gasteiger partial charge on any atom is -0.373 e. The summed E-state index contributed by atoms with van der Waals surface area (Å²) in [6.45, 7) is 9.89. The molecular formula is C16H28N4O. The van der Waals surface area contributed by atoms with Gasteiger partial charge in [-0.1, -0.05) is 13.8 Å². The molecule has 1 heterocycles. The maximum Gasteiger partial charge on any atom is 0.251 e. The number of amides is 1. The second kappa shape index (κ2) is 7.98. The molecule has 0 radical (unpaired) electrons. The van der Waals surface area contributed by atoms with Crippen molar-refractivity contribution in [3.63, 3.8) is 0 Å². The first-order chi connectivity index (χ1) is 9.85. The summed E-state index contributed by atoms with van der Waals surface area (Å²) in [6, 6.07) is 4.13. The van der Waals surface area contributed by atoms with E-state index in [4.69, 9.17) is 0 Å². The molecule has 118 valence electrons. The van der Waals surface area contributed by atoms with E-state index in [0.717, 1.165) is 18.1 Å². The highest BCUT2D eigenvalue weighted by Gasteiger charge is 2.11. The number of hydrogen-bond donors (Lipinski definition) is 2. The van der Waals surface area contributed by atoms with Gasteiger partial charge in [0.05, 0.1) is 0 Å². The van der Waals surface area contributed by atoms with Crippen LogP contribution in [0, 0.1) is 0 Å². The molecule has 21 heavy (non-hydrogen) atoms. The Morgan fingerprint density at radius 2 is 1.95 bits per heavy atom. The van der Waals surface area contributed by atoms with Crippen molar-refractivity contribution < 1.29 is 4.79 Å². The number of aromatic nitrogens is 1. The molecule has 0 aliphatic rings. The predicted molar refractivity (Wildman–Crippen MR) is 88.0 cm³/mol. The second-order valence-corrected chi connectivity index (χ2v) is 5.90. The molecule has 0 aromatic carbocycles. The molecule has 1 rings (SSSR count). The normalized spacial score (nSPS) is 11.3. The molecule has 0 atom stereocenters. The Balaban J connectivity index is 2.71. The van der Waals surface area contributed by atoms with Crippen LogP contribution < -0.4 is 10.6 Å². The fourth-order valence-electron chi connectivity index (χ4n) is 1.81. The van der Waals surface area contributed by atoms with Gasteiger partial charge in [-0.15, -0.1) is 0 Å². The molecule has 0 fully saturated rings. The van der Waals surface area contributed by atoms with Crippen LogP contribution in [0.4, 0.5) is 5.82 Å². The number of rotatable bonds is 7. The van der Waals surface area contributed by atoms with Crippen LogP contribution in [0.3, 0.4) is 0 Å². The highest BCUT2D eigenvalue weighted by atomic mass is 16.1. The van der Waals surface area contributed by atoms with Crippen LogP contribution in [0.2, 0.25) is 0 Å². The van der Waals surface area contributed by atoms with Crippen molar-refractivity contribution >= 4 is 11.7 Å². The fraction of sp³-hybridized carbons (Fsp3) is 0.625. The van der Waals surface area contributed by atoms with Crippen molar-refractivity contribution in [2.75, 3.05) is 32.5 Å². The van der Waals surface area contributed by atoms with Crippen molar-refractivity contribution in [2.45, 2.75) is 39.7 Å². The molecule has 5 heteroatoms. The quantitative estimate of drug-likeness (QED) is 0.810. The van der Waals surface area contributed by atoms with E-state index < -0.39 is 0 Å². The minimum absolute atomic E-state index is 0.0482. The molecule has 0 saturated heterocycles. The Morgan fingerprint density at radius 1 is 1.29 bits per heavy atom. The molecule has 0 unspecified atom stereocenters. The topological polar surface area (TPSA) is 57.3 Å². The average molecular weight is 292 g/mol. The Bertz CT molecular complexity index is 471. The number of pyridine rings is 1. The van der Waals surface area contributed by atoms with Crippen LogP contribution in [-0.2, 0) is 0 Å². The smallest absolute Gasteiger partial charge is 0.251 e. The number of carbonyl (C=O) groups is 1. The van der Waals surface area contributed by atoms with Crippen LogP contribution >= 0.6 is 0 Å². The van der Waals surface area contributed by atoms with E-state index in [1.54, 1.807) is 6.07 Å². The van der Waals surface area contributed by atoms with E-state index >= 15 is 0 Å². The Hall–Kier alpha value is -1.62. The zero-order valence-electron chi connectivity index (χ0n) is 14.0. The summed E-state index contributed by atoms with van der Waals surface area (Å²) in [7, 11) is 3.87. The van der Waals surface area contributed by atoms with Gasteiger partial charge in [0, 0.05) is 37.4 Å². The zero-order chi connectivity index (χ0) is 16.0. The molecule has 1 aromatic heterocycles. The summed E-state index contributed by atoms with van der Waals surface area (Å²) in [5.74, 6) is 0.968. The molecule has 1 amide bonds. The monoisotopic (exact) mass is 292 g/mol. The Kier molecular flexibility index (Phi) is 6.62. The summed E-state index contributed by atoms with van der Waals surface area (Å²) in [5.41, 5.74) is 1.58. The SMILES string of the molecule is CNc1cc(C(=O)NCCN(C)C(C)C)cc(C(C)C)n1. The van der Waals surface area contributed by atoms with Gasteiger partial charge in [-0.3, -0.25) is 4.79 Å². The predicted octanol–water partition coefficient (Wildman–Crippen LogP) is 2.32. The average Bonchev–Trinajstić information content (AvgIpc) is 2.46. The maximum absolute atomic E-state index is 12.3. The van der Waals surface area contributed by atoms with Crippen LogP contribution in [-0.4, -0.2) is 49.0 Å². The van der Waals surface area contributed by atoms with Gasteiger partial charge in [-0.05, 0) is 38.9 Å². The van der Waals surface area contributed by atoms with Crippen molar-refractivity contribution in [1.82, 2.24) is 15.2 Å². The van der Waals surface area contributed by atoms with E-state index in [-0.39, 0.29) is 11.8 Å². The summed E-state index contributed by atoms with van der Waals surface area (Å²) < 4.78 is 0. The van der Waals surface area contributed by atoms with Gasteiger partial charge in [-0.2, -0.15) is 0 Å². The van der Waals surface area contributed by atoms with Gasteiger partial charge >= 0.3 is 0 Å². The van der Waals surface area contributed by atoms with Crippen molar-refractivity contribution in [3.8, 4) is 0 Å². The third-order valence-corrected chi connectivity index (χ3v) is 3.59. The number of anilines is 1. The van der Waals surface area contributed by atoms with Gasteiger partial charge in [-0.25, -0.2) is 4.98 Å².